The molecule has 0 saturated carbocycles. The Bertz CT molecular complexity index is 986. The molecule has 0 saturated heterocycles. The molecule has 0 fully saturated rings. The molecule has 2 aromatic carbocycles. The SMILES string of the molecule is COc1ccccc1CNC(=O)CCc1nnc(C(=O)Nc2ccc(C)cc2)s1. The number of carbonyl (C=O) groups is 2. The fourth-order valence-corrected chi connectivity index (χ4v) is 3.35. The van der Waals surface area contributed by atoms with Crippen LogP contribution in [0.15, 0.2) is 48.5 Å². The largest absolute Gasteiger partial charge is 0.496 e. The zero-order valence-electron chi connectivity index (χ0n) is 16.3. The van der Waals surface area contributed by atoms with Crippen molar-refractivity contribution in [2.45, 2.75) is 26.3 Å². The second kappa shape index (κ2) is 9.79. The van der Waals surface area contributed by atoms with E-state index in [1.807, 2.05) is 55.5 Å². The summed E-state index contributed by atoms with van der Waals surface area (Å²) in [6.45, 7) is 2.37. The van der Waals surface area contributed by atoms with Crippen molar-refractivity contribution in [1.29, 1.82) is 0 Å². The standard InChI is InChI=1S/C21H22N4O3S/c1-14-7-9-16(10-8-14)23-20(27)21-25-24-19(29-21)12-11-18(26)22-13-15-5-3-4-6-17(15)28-2/h3-10H,11-13H2,1-2H3,(H,22,26)(H,23,27). The van der Waals surface area contributed by atoms with Crippen LogP contribution in [0.3, 0.4) is 0 Å². The van der Waals surface area contributed by atoms with Crippen LogP contribution in [-0.4, -0.2) is 29.1 Å². The van der Waals surface area contributed by atoms with Crippen LogP contribution >= 0.6 is 11.3 Å². The molecule has 0 aliphatic carbocycles. The molecule has 0 spiro atoms. The third kappa shape index (κ3) is 5.86. The third-order valence-corrected chi connectivity index (χ3v) is 5.19. The number of hydrogen-bond donors (Lipinski definition) is 2. The molecule has 1 aromatic heterocycles. The topological polar surface area (TPSA) is 93.2 Å². The summed E-state index contributed by atoms with van der Waals surface area (Å²) in [5.74, 6) is 0.330. The highest BCUT2D eigenvalue weighted by Crippen LogP contribution is 2.17. The Kier molecular flexibility index (Phi) is 6.91. The van der Waals surface area contributed by atoms with Gasteiger partial charge in [0.25, 0.3) is 5.91 Å². The van der Waals surface area contributed by atoms with E-state index in [2.05, 4.69) is 20.8 Å². The second-order valence-corrected chi connectivity index (χ2v) is 7.47. The molecule has 0 aliphatic rings. The Hall–Kier alpha value is -3.26. The Morgan fingerprint density at radius 1 is 1.07 bits per heavy atom. The zero-order chi connectivity index (χ0) is 20.6. The minimum absolute atomic E-state index is 0.100. The van der Waals surface area contributed by atoms with E-state index in [1.165, 1.54) is 11.3 Å². The zero-order valence-corrected chi connectivity index (χ0v) is 17.1. The van der Waals surface area contributed by atoms with Crippen LogP contribution in [0.4, 0.5) is 5.69 Å². The minimum atomic E-state index is -0.307. The van der Waals surface area contributed by atoms with Crippen LogP contribution in [0.5, 0.6) is 5.75 Å². The summed E-state index contributed by atoms with van der Waals surface area (Å²) < 4.78 is 5.27. The molecule has 29 heavy (non-hydrogen) atoms. The van der Waals surface area contributed by atoms with Crippen LogP contribution in [0, 0.1) is 6.92 Å². The average Bonchev–Trinajstić information content (AvgIpc) is 3.22. The molecular weight excluding hydrogens is 388 g/mol. The van der Waals surface area contributed by atoms with E-state index in [-0.39, 0.29) is 23.2 Å². The lowest BCUT2D eigenvalue weighted by Gasteiger charge is -2.09. The number of rotatable bonds is 8. The van der Waals surface area contributed by atoms with Crippen LogP contribution in [-0.2, 0) is 17.8 Å². The lowest BCUT2D eigenvalue weighted by atomic mass is 10.2. The summed E-state index contributed by atoms with van der Waals surface area (Å²) >= 11 is 1.19. The highest BCUT2D eigenvalue weighted by Gasteiger charge is 2.14. The van der Waals surface area contributed by atoms with Gasteiger partial charge in [0.05, 0.1) is 7.11 Å². The predicted octanol–water partition coefficient (Wildman–Crippen LogP) is 3.36. The minimum Gasteiger partial charge on any atom is -0.496 e. The maximum absolute atomic E-state index is 12.3. The molecule has 0 radical (unpaired) electrons. The smallest absolute Gasteiger partial charge is 0.286 e. The Balaban J connectivity index is 1.47. The molecule has 0 unspecified atom stereocenters. The van der Waals surface area contributed by atoms with E-state index in [1.54, 1.807) is 7.11 Å². The molecule has 0 aliphatic heterocycles. The summed E-state index contributed by atoms with van der Waals surface area (Å²) in [5, 5.41) is 14.5. The van der Waals surface area contributed by atoms with Gasteiger partial charge in [-0.15, -0.1) is 10.2 Å². The van der Waals surface area contributed by atoms with Gasteiger partial charge in [-0.3, -0.25) is 9.59 Å². The average molecular weight is 410 g/mol. The maximum atomic E-state index is 12.3. The summed E-state index contributed by atoms with van der Waals surface area (Å²) in [6.07, 6.45) is 0.691. The fraction of sp³-hybridized carbons (Fsp3) is 0.238. The summed E-state index contributed by atoms with van der Waals surface area (Å²) in [5.41, 5.74) is 2.73. The van der Waals surface area contributed by atoms with Crippen molar-refractivity contribution in [1.82, 2.24) is 15.5 Å². The summed E-state index contributed by atoms with van der Waals surface area (Å²) in [7, 11) is 1.60. The van der Waals surface area contributed by atoms with Gasteiger partial charge >= 0.3 is 0 Å². The number of anilines is 1. The van der Waals surface area contributed by atoms with Crippen LogP contribution in [0.25, 0.3) is 0 Å². The highest BCUT2D eigenvalue weighted by atomic mass is 32.1. The van der Waals surface area contributed by atoms with E-state index >= 15 is 0 Å². The Morgan fingerprint density at radius 3 is 2.59 bits per heavy atom. The van der Waals surface area contributed by atoms with Gasteiger partial charge in [-0.2, -0.15) is 0 Å². The Morgan fingerprint density at radius 2 is 1.83 bits per heavy atom. The van der Waals surface area contributed by atoms with Crippen LogP contribution in [0.2, 0.25) is 0 Å². The van der Waals surface area contributed by atoms with Gasteiger partial charge in [0.15, 0.2) is 0 Å². The van der Waals surface area contributed by atoms with Crippen molar-refractivity contribution < 1.29 is 14.3 Å². The second-order valence-electron chi connectivity index (χ2n) is 6.41. The number of benzene rings is 2. The molecular formula is C21H22N4O3S. The number of amides is 2. The lowest BCUT2D eigenvalue weighted by Crippen LogP contribution is -2.23. The third-order valence-electron chi connectivity index (χ3n) is 4.20. The number of carbonyl (C=O) groups excluding carboxylic acids is 2. The van der Waals surface area contributed by atoms with E-state index in [0.29, 0.717) is 23.7 Å². The number of hydrogen-bond acceptors (Lipinski definition) is 6. The van der Waals surface area contributed by atoms with E-state index < -0.39 is 0 Å². The first-order valence-electron chi connectivity index (χ1n) is 9.14. The van der Waals surface area contributed by atoms with Crippen molar-refractivity contribution in [2.24, 2.45) is 0 Å². The van der Waals surface area contributed by atoms with E-state index in [4.69, 9.17) is 4.74 Å². The number of aryl methyl sites for hydroxylation is 2. The maximum Gasteiger partial charge on any atom is 0.286 e. The molecule has 0 atom stereocenters. The lowest BCUT2D eigenvalue weighted by molar-refractivity contribution is -0.121. The van der Waals surface area contributed by atoms with E-state index in [0.717, 1.165) is 16.9 Å². The van der Waals surface area contributed by atoms with Crippen molar-refractivity contribution >= 4 is 28.8 Å². The number of ether oxygens (including phenoxy) is 1. The number of nitrogens with one attached hydrogen (secondary N) is 2. The van der Waals surface area contributed by atoms with Gasteiger partial charge in [0, 0.05) is 30.6 Å². The van der Waals surface area contributed by atoms with Gasteiger partial charge in [-0.05, 0) is 25.1 Å². The monoisotopic (exact) mass is 410 g/mol. The van der Waals surface area contributed by atoms with Gasteiger partial charge in [-0.1, -0.05) is 47.2 Å². The summed E-state index contributed by atoms with van der Waals surface area (Å²) in [4.78, 5) is 24.4. The molecule has 0 bridgehead atoms. The molecule has 150 valence electrons. The quantitative estimate of drug-likeness (QED) is 0.594. The summed E-state index contributed by atoms with van der Waals surface area (Å²) in [6, 6.07) is 15.0. The first-order valence-corrected chi connectivity index (χ1v) is 9.96. The Labute approximate surface area is 173 Å². The first kappa shape index (κ1) is 20.5. The molecule has 8 heteroatoms. The van der Waals surface area contributed by atoms with Gasteiger partial charge in [0.2, 0.25) is 10.9 Å². The van der Waals surface area contributed by atoms with Crippen LogP contribution in [0.1, 0.15) is 32.4 Å². The van der Waals surface area contributed by atoms with Crippen molar-refractivity contribution in [3.63, 3.8) is 0 Å². The van der Waals surface area contributed by atoms with Gasteiger partial charge in [0.1, 0.15) is 10.8 Å². The fourth-order valence-electron chi connectivity index (χ4n) is 2.62. The molecule has 3 aromatic rings. The molecule has 2 N–H and O–H groups in total. The number of methoxy groups -OCH3 is 1. The van der Waals surface area contributed by atoms with Gasteiger partial charge in [-0.25, -0.2) is 0 Å². The molecule has 2 amide bonds. The van der Waals surface area contributed by atoms with E-state index in [9.17, 15) is 9.59 Å². The molecule has 1 heterocycles. The molecule has 3 rings (SSSR count). The first-order chi connectivity index (χ1) is 14.0. The predicted molar refractivity (Wildman–Crippen MR) is 112 cm³/mol. The highest BCUT2D eigenvalue weighted by molar-refractivity contribution is 7.13. The number of para-hydroxylation sites is 1. The van der Waals surface area contributed by atoms with Crippen LogP contribution < -0.4 is 15.4 Å². The molecule has 7 nitrogen and oxygen atoms in total. The van der Waals surface area contributed by atoms with Crippen molar-refractivity contribution in [2.75, 3.05) is 12.4 Å². The van der Waals surface area contributed by atoms with Gasteiger partial charge < -0.3 is 15.4 Å². The van der Waals surface area contributed by atoms with Crippen molar-refractivity contribution in [3.05, 3.63) is 69.7 Å². The van der Waals surface area contributed by atoms with Crippen molar-refractivity contribution in [3.8, 4) is 5.75 Å². The number of aromatic nitrogens is 2. The normalized spacial score (nSPS) is 10.4. The number of nitrogens with zero attached hydrogens (tertiary/aromatic N) is 2.